The molecule has 1 aromatic heterocycles. The van der Waals surface area contributed by atoms with Crippen molar-refractivity contribution in [2.45, 2.75) is 25.4 Å². The van der Waals surface area contributed by atoms with Crippen LogP contribution in [0.5, 0.6) is 0 Å². The van der Waals surface area contributed by atoms with Crippen LogP contribution in [0.2, 0.25) is 0 Å². The van der Waals surface area contributed by atoms with Crippen molar-refractivity contribution in [3.05, 3.63) is 59.6 Å². The Bertz CT molecular complexity index is 665. The quantitative estimate of drug-likeness (QED) is 0.942. The van der Waals surface area contributed by atoms with Crippen molar-refractivity contribution >= 4 is 5.91 Å². The van der Waals surface area contributed by atoms with Gasteiger partial charge >= 0.3 is 0 Å². The van der Waals surface area contributed by atoms with Crippen LogP contribution in [0.25, 0.3) is 0 Å². The fourth-order valence-electron chi connectivity index (χ4n) is 2.78. The van der Waals surface area contributed by atoms with Crippen molar-refractivity contribution in [1.29, 1.82) is 0 Å². The van der Waals surface area contributed by atoms with E-state index in [1.807, 2.05) is 0 Å². The minimum Gasteiger partial charge on any atom is -0.459 e. The van der Waals surface area contributed by atoms with E-state index in [1.54, 1.807) is 17.0 Å². The lowest BCUT2D eigenvalue weighted by molar-refractivity contribution is 0.0672. The molecule has 0 bridgehead atoms. The topological polar surface area (TPSA) is 45.5 Å². The summed E-state index contributed by atoms with van der Waals surface area (Å²) in [4.78, 5) is 13.9. The molecule has 1 aliphatic rings. The molecule has 6 heteroatoms. The van der Waals surface area contributed by atoms with E-state index in [1.165, 1.54) is 12.3 Å². The van der Waals surface area contributed by atoms with Gasteiger partial charge in [0.2, 0.25) is 0 Å². The lowest BCUT2D eigenvalue weighted by Crippen LogP contribution is -2.44. The molecule has 0 radical (unpaired) electrons. The van der Waals surface area contributed by atoms with Crippen LogP contribution in [0.3, 0.4) is 0 Å². The van der Waals surface area contributed by atoms with E-state index in [-0.39, 0.29) is 18.5 Å². The number of piperidine rings is 1. The molecule has 0 unspecified atom stereocenters. The Labute approximate surface area is 133 Å². The summed E-state index contributed by atoms with van der Waals surface area (Å²) in [5.74, 6) is -0.616. The van der Waals surface area contributed by atoms with Crippen LogP contribution in [0, 0.1) is 11.6 Å². The highest BCUT2D eigenvalue weighted by atomic mass is 19.1. The summed E-state index contributed by atoms with van der Waals surface area (Å²) >= 11 is 0. The Morgan fingerprint density at radius 2 is 2.04 bits per heavy atom. The molecular formula is C17H18F2N2O2. The zero-order valence-corrected chi connectivity index (χ0v) is 12.6. The third-order valence-corrected chi connectivity index (χ3v) is 4.10. The van der Waals surface area contributed by atoms with Crippen LogP contribution in [-0.2, 0) is 6.54 Å². The molecule has 0 aliphatic carbocycles. The van der Waals surface area contributed by atoms with E-state index in [0.29, 0.717) is 24.4 Å². The standard InChI is InChI=1S/C17H18F2N2O2/c18-13-3-4-15(19)12(10-13)11-20-14-5-7-21(8-6-14)17(22)16-2-1-9-23-16/h1-4,9-10,14,20H,5-8,11H2. The van der Waals surface area contributed by atoms with Gasteiger partial charge in [-0.2, -0.15) is 0 Å². The van der Waals surface area contributed by atoms with Crippen molar-refractivity contribution in [3.63, 3.8) is 0 Å². The molecule has 3 rings (SSSR count). The number of halogens is 2. The smallest absolute Gasteiger partial charge is 0.289 e. The minimum atomic E-state index is -0.443. The molecule has 1 amide bonds. The third-order valence-electron chi connectivity index (χ3n) is 4.10. The average Bonchev–Trinajstić information content (AvgIpc) is 3.10. The Balaban J connectivity index is 1.49. The Morgan fingerprint density at radius 1 is 1.26 bits per heavy atom. The molecule has 23 heavy (non-hydrogen) atoms. The summed E-state index contributed by atoms with van der Waals surface area (Å²) in [5.41, 5.74) is 0.319. The number of carbonyl (C=O) groups is 1. The van der Waals surface area contributed by atoms with Gasteiger partial charge in [0.1, 0.15) is 11.6 Å². The summed E-state index contributed by atoms with van der Waals surface area (Å²) in [7, 11) is 0. The normalized spacial score (nSPS) is 15.8. The van der Waals surface area contributed by atoms with E-state index < -0.39 is 11.6 Å². The van der Waals surface area contributed by atoms with Gasteiger partial charge in [0.05, 0.1) is 6.26 Å². The molecule has 0 atom stereocenters. The fraction of sp³-hybridized carbons (Fsp3) is 0.353. The molecular weight excluding hydrogens is 302 g/mol. The van der Waals surface area contributed by atoms with Crippen LogP contribution in [0.15, 0.2) is 41.0 Å². The van der Waals surface area contributed by atoms with Gasteiger partial charge < -0.3 is 14.6 Å². The fourth-order valence-corrected chi connectivity index (χ4v) is 2.78. The van der Waals surface area contributed by atoms with E-state index in [0.717, 1.165) is 25.0 Å². The summed E-state index contributed by atoms with van der Waals surface area (Å²) in [5, 5.41) is 3.23. The largest absolute Gasteiger partial charge is 0.459 e. The number of benzene rings is 1. The lowest BCUT2D eigenvalue weighted by Gasteiger charge is -2.32. The Morgan fingerprint density at radius 3 is 2.74 bits per heavy atom. The van der Waals surface area contributed by atoms with Crippen molar-refractivity contribution in [1.82, 2.24) is 10.2 Å². The first kappa shape index (κ1) is 15.7. The van der Waals surface area contributed by atoms with Crippen LogP contribution >= 0.6 is 0 Å². The van der Waals surface area contributed by atoms with Crippen LogP contribution in [0.1, 0.15) is 29.0 Å². The zero-order chi connectivity index (χ0) is 16.2. The van der Waals surface area contributed by atoms with E-state index in [2.05, 4.69) is 5.32 Å². The molecule has 2 heterocycles. The number of hydrogen-bond donors (Lipinski definition) is 1. The maximum Gasteiger partial charge on any atom is 0.289 e. The first-order valence-corrected chi connectivity index (χ1v) is 7.63. The second-order valence-electron chi connectivity index (χ2n) is 5.66. The molecule has 1 aromatic carbocycles. The maximum atomic E-state index is 13.6. The lowest BCUT2D eigenvalue weighted by atomic mass is 10.0. The molecule has 2 aromatic rings. The molecule has 1 saturated heterocycles. The number of nitrogens with zero attached hydrogens (tertiary/aromatic N) is 1. The van der Waals surface area contributed by atoms with E-state index >= 15 is 0 Å². The van der Waals surface area contributed by atoms with Gasteiger partial charge in [-0.3, -0.25) is 4.79 Å². The predicted molar refractivity (Wildman–Crippen MR) is 80.8 cm³/mol. The van der Waals surface area contributed by atoms with Gasteiger partial charge in [-0.25, -0.2) is 8.78 Å². The molecule has 0 spiro atoms. The molecule has 1 aliphatic heterocycles. The monoisotopic (exact) mass is 320 g/mol. The highest BCUT2D eigenvalue weighted by Crippen LogP contribution is 2.16. The summed E-state index contributed by atoms with van der Waals surface area (Å²) in [6.07, 6.45) is 3.02. The second kappa shape index (κ2) is 6.91. The minimum absolute atomic E-state index is 0.107. The maximum absolute atomic E-state index is 13.6. The first-order valence-electron chi connectivity index (χ1n) is 7.63. The molecule has 0 saturated carbocycles. The third kappa shape index (κ3) is 3.76. The average molecular weight is 320 g/mol. The molecule has 1 N–H and O–H groups in total. The number of furan rings is 1. The number of nitrogens with one attached hydrogen (secondary N) is 1. The number of likely N-dealkylation sites (tertiary alicyclic amines) is 1. The van der Waals surface area contributed by atoms with Crippen molar-refractivity contribution in [3.8, 4) is 0 Å². The Hall–Kier alpha value is -2.21. The summed E-state index contributed by atoms with van der Waals surface area (Å²) in [6, 6.07) is 6.97. The highest BCUT2D eigenvalue weighted by Gasteiger charge is 2.24. The van der Waals surface area contributed by atoms with E-state index in [4.69, 9.17) is 4.42 Å². The van der Waals surface area contributed by atoms with Crippen LogP contribution in [-0.4, -0.2) is 29.9 Å². The van der Waals surface area contributed by atoms with Gasteiger partial charge in [0.15, 0.2) is 5.76 Å². The van der Waals surface area contributed by atoms with E-state index in [9.17, 15) is 13.6 Å². The molecule has 4 nitrogen and oxygen atoms in total. The molecule has 122 valence electrons. The van der Waals surface area contributed by atoms with Gasteiger partial charge in [0, 0.05) is 31.2 Å². The summed E-state index contributed by atoms with van der Waals surface area (Å²) in [6.45, 7) is 1.51. The predicted octanol–water partition coefficient (Wildman–Crippen LogP) is 2.95. The van der Waals surface area contributed by atoms with Crippen molar-refractivity contribution < 1.29 is 18.0 Å². The van der Waals surface area contributed by atoms with Crippen LogP contribution < -0.4 is 5.32 Å². The van der Waals surface area contributed by atoms with Gasteiger partial charge in [0.25, 0.3) is 5.91 Å². The van der Waals surface area contributed by atoms with Crippen molar-refractivity contribution in [2.75, 3.05) is 13.1 Å². The molecule has 1 fully saturated rings. The van der Waals surface area contributed by atoms with Crippen LogP contribution in [0.4, 0.5) is 8.78 Å². The Kier molecular flexibility index (Phi) is 4.71. The SMILES string of the molecule is O=C(c1ccco1)N1CCC(NCc2cc(F)ccc2F)CC1. The van der Waals surface area contributed by atoms with Gasteiger partial charge in [-0.1, -0.05) is 0 Å². The first-order chi connectivity index (χ1) is 11.1. The van der Waals surface area contributed by atoms with Gasteiger partial charge in [-0.05, 0) is 43.2 Å². The number of carbonyl (C=O) groups excluding carboxylic acids is 1. The van der Waals surface area contributed by atoms with Gasteiger partial charge in [-0.15, -0.1) is 0 Å². The number of rotatable bonds is 4. The number of hydrogen-bond acceptors (Lipinski definition) is 3. The number of amides is 1. The van der Waals surface area contributed by atoms with Crippen molar-refractivity contribution in [2.24, 2.45) is 0 Å². The summed E-state index contributed by atoms with van der Waals surface area (Å²) < 4.78 is 31.8. The second-order valence-corrected chi connectivity index (χ2v) is 5.66. The highest BCUT2D eigenvalue weighted by molar-refractivity contribution is 5.91. The zero-order valence-electron chi connectivity index (χ0n) is 12.6.